The highest BCUT2D eigenvalue weighted by Gasteiger charge is 2.27. The maximum atomic E-state index is 4.76. The summed E-state index contributed by atoms with van der Waals surface area (Å²) in [4.78, 5) is 0. The fourth-order valence-corrected chi connectivity index (χ4v) is 2.57. The van der Waals surface area contributed by atoms with Gasteiger partial charge in [-0.2, -0.15) is 10.2 Å². The molecule has 5 nitrogen and oxygen atoms in total. The van der Waals surface area contributed by atoms with Crippen molar-refractivity contribution in [3.63, 3.8) is 0 Å². The second kappa shape index (κ2) is 4.96. The zero-order valence-electron chi connectivity index (χ0n) is 12.7. The number of aromatic nitrogens is 4. The normalized spacial score (nSPS) is 15.1. The molecule has 1 fully saturated rings. The summed E-state index contributed by atoms with van der Waals surface area (Å²) in [6, 6.07) is 2.65. The first-order chi connectivity index (χ1) is 9.54. The van der Waals surface area contributed by atoms with Crippen molar-refractivity contribution in [2.24, 2.45) is 7.05 Å². The van der Waals surface area contributed by atoms with Gasteiger partial charge in [0, 0.05) is 30.8 Å². The lowest BCUT2D eigenvalue weighted by atomic mass is 10.2. The van der Waals surface area contributed by atoms with Crippen LogP contribution in [0.25, 0.3) is 0 Å². The van der Waals surface area contributed by atoms with Crippen molar-refractivity contribution in [1.29, 1.82) is 0 Å². The summed E-state index contributed by atoms with van der Waals surface area (Å²) in [6.45, 7) is 7.21. The van der Waals surface area contributed by atoms with Crippen LogP contribution < -0.4 is 5.32 Å². The van der Waals surface area contributed by atoms with Crippen molar-refractivity contribution in [2.75, 3.05) is 5.32 Å². The highest BCUT2D eigenvalue weighted by molar-refractivity contribution is 5.42. The predicted octanol–water partition coefficient (Wildman–Crippen LogP) is 3.00. The third-order valence-corrected chi connectivity index (χ3v) is 3.77. The fraction of sp³-hybridized carbons (Fsp3) is 0.600. The lowest BCUT2D eigenvalue weighted by molar-refractivity contribution is 0.507. The molecule has 0 unspecified atom stereocenters. The monoisotopic (exact) mass is 273 g/mol. The van der Waals surface area contributed by atoms with Gasteiger partial charge in [-0.15, -0.1) is 0 Å². The zero-order chi connectivity index (χ0) is 14.3. The maximum absolute atomic E-state index is 4.76. The second-order valence-electron chi connectivity index (χ2n) is 6.06. The van der Waals surface area contributed by atoms with E-state index in [-0.39, 0.29) is 0 Å². The smallest absolute Gasteiger partial charge is 0.151 e. The third-order valence-electron chi connectivity index (χ3n) is 3.77. The van der Waals surface area contributed by atoms with Gasteiger partial charge >= 0.3 is 0 Å². The summed E-state index contributed by atoms with van der Waals surface area (Å²) in [5, 5.41) is 12.6. The van der Waals surface area contributed by atoms with E-state index in [0.717, 1.165) is 12.4 Å². The van der Waals surface area contributed by atoms with E-state index in [0.29, 0.717) is 12.0 Å². The third kappa shape index (κ3) is 2.57. The van der Waals surface area contributed by atoms with Crippen molar-refractivity contribution < 1.29 is 0 Å². The first-order valence-electron chi connectivity index (χ1n) is 7.37. The maximum Gasteiger partial charge on any atom is 0.151 e. The lowest BCUT2D eigenvalue weighted by Crippen LogP contribution is -2.11. The first kappa shape index (κ1) is 13.2. The van der Waals surface area contributed by atoms with Gasteiger partial charge in [-0.25, -0.2) is 0 Å². The highest BCUT2D eigenvalue weighted by Crippen LogP contribution is 2.39. The van der Waals surface area contributed by atoms with Gasteiger partial charge in [0.1, 0.15) is 0 Å². The number of rotatable bonds is 5. The summed E-state index contributed by atoms with van der Waals surface area (Å²) in [6.07, 6.45) is 4.61. The van der Waals surface area contributed by atoms with E-state index >= 15 is 0 Å². The molecular formula is C15H23N5. The average molecular weight is 273 g/mol. The Kier molecular flexibility index (Phi) is 3.28. The average Bonchev–Trinajstić information content (AvgIpc) is 3.06. The molecule has 0 amide bonds. The zero-order valence-corrected chi connectivity index (χ0v) is 12.7. The predicted molar refractivity (Wildman–Crippen MR) is 79.9 cm³/mol. The van der Waals surface area contributed by atoms with Crippen LogP contribution in [0.5, 0.6) is 0 Å². The molecular weight excluding hydrogens is 250 g/mol. The standard InChI is InChI=1S/C15H23N5/c1-10(2)20-13(7-14(17-20)12-5-6-12)8-16-15-11(3)9-19(4)18-15/h7,9-10,12H,5-6,8H2,1-4H3,(H,16,18). The quantitative estimate of drug-likeness (QED) is 0.911. The molecule has 2 aromatic heterocycles. The van der Waals surface area contributed by atoms with Crippen LogP contribution in [-0.2, 0) is 13.6 Å². The first-order valence-corrected chi connectivity index (χ1v) is 7.37. The summed E-state index contributed by atoms with van der Waals surface area (Å²) < 4.78 is 3.98. The number of anilines is 1. The van der Waals surface area contributed by atoms with Gasteiger partial charge in [0.15, 0.2) is 5.82 Å². The van der Waals surface area contributed by atoms with Crippen molar-refractivity contribution in [2.45, 2.75) is 52.1 Å². The van der Waals surface area contributed by atoms with E-state index in [2.05, 4.69) is 41.9 Å². The topological polar surface area (TPSA) is 47.7 Å². The molecule has 0 bridgehead atoms. The SMILES string of the molecule is Cc1cn(C)nc1NCc1cc(C2CC2)nn1C(C)C. The number of aryl methyl sites for hydroxylation is 2. The molecule has 0 saturated heterocycles. The van der Waals surface area contributed by atoms with E-state index in [1.54, 1.807) is 0 Å². The molecule has 2 heterocycles. The Morgan fingerprint density at radius 3 is 2.65 bits per heavy atom. The van der Waals surface area contributed by atoms with Gasteiger partial charge in [0.05, 0.1) is 17.9 Å². The van der Waals surface area contributed by atoms with Crippen LogP contribution >= 0.6 is 0 Å². The molecule has 1 aliphatic rings. The molecule has 1 N–H and O–H groups in total. The highest BCUT2D eigenvalue weighted by atomic mass is 15.3. The van der Waals surface area contributed by atoms with Gasteiger partial charge in [-0.1, -0.05) is 0 Å². The van der Waals surface area contributed by atoms with Crippen molar-refractivity contribution in [3.8, 4) is 0 Å². The molecule has 1 aliphatic carbocycles. The molecule has 0 radical (unpaired) electrons. The van der Waals surface area contributed by atoms with Crippen LogP contribution in [0.15, 0.2) is 12.3 Å². The van der Waals surface area contributed by atoms with Gasteiger partial charge < -0.3 is 5.32 Å². The van der Waals surface area contributed by atoms with Crippen molar-refractivity contribution in [1.82, 2.24) is 19.6 Å². The Morgan fingerprint density at radius 2 is 2.10 bits per heavy atom. The van der Waals surface area contributed by atoms with E-state index < -0.39 is 0 Å². The Bertz CT molecular complexity index is 604. The van der Waals surface area contributed by atoms with Crippen LogP contribution in [0, 0.1) is 6.92 Å². The molecule has 2 aromatic rings. The number of hydrogen-bond acceptors (Lipinski definition) is 3. The van der Waals surface area contributed by atoms with Crippen LogP contribution in [0.2, 0.25) is 0 Å². The van der Waals surface area contributed by atoms with Gasteiger partial charge in [-0.05, 0) is 39.7 Å². The van der Waals surface area contributed by atoms with Crippen LogP contribution in [0.1, 0.15) is 55.6 Å². The second-order valence-corrected chi connectivity index (χ2v) is 6.06. The summed E-state index contributed by atoms with van der Waals surface area (Å²) in [5.41, 5.74) is 3.67. The Balaban J connectivity index is 1.77. The molecule has 20 heavy (non-hydrogen) atoms. The minimum atomic E-state index is 0.393. The van der Waals surface area contributed by atoms with Crippen molar-refractivity contribution in [3.05, 3.63) is 29.2 Å². The van der Waals surface area contributed by atoms with Crippen LogP contribution in [0.4, 0.5) is 5.82 Å². The molecule has 1 saturated carbocycles. The molecule has 0 aliphatic heterocycles. The molecule has 5 heteroatoms. The molecule has 0 aromatic carbocycles. The summed E-state index contributed by atoms with van der Waals surface area (Å²) in [7, 11) is 1.95. The molecule has 3 rings (SSSR count). The summed E-state index contributed by atoms with van der Waals surface area (Å²) in [5.74, 6) is 1.65. The Hall–Kier alpha value is -1.78. The van der Waals surface area contributed by atoms with E-state index in [4.69, 9.17) is 5.10 Å². The van der Waals surface area contributed by atoms with Gasteiger partial charge in [0.2, 0.25) is 0 Å². The number of nitrogens with one attached hydrogen (secondary N) is 1. The minimum Gasteiger partial charge on any atom is -0.363 e. The van der Waals surface area contributed by atoms with E-state index in [1.165, 1.54) is 29.8 Å². The fourth-order valence-electron chi connectivity index (χ4n) is 2.57. The molecule has 0 atom stereocenters. The molecule has 0 spiro atoms. The van der Waals surface area contributed by atoms with Crippen LogP contribution in [-0.4, -0.2) is 19.6 Å². The van der Waals surface area contributed by atoms with Crippen molar-refractivity contribution >= 4 is 5.82 Å². The Labute approximate surface area is 120 Å². The Morgan fingerprint density at radius 1 is 1.35 bits per heavy atom. The lowest BCUT2D eigenvalue weighted by Gasteiger charge is -2.11. The minimum absolute atomic E-state index is 0.393. The van der Waals surface area contributed by atoms with E-state index in [9.17, 15) is 0 Å². The largest absolute Gasteiger partial charge is 0.363 e. The van der Waals surface area contributed by atoms with Crippen LogP contribution in [0.3, 0.4) is 0 Å². The number of hydrogen-bond donors (Lipinski definition) is 1. The summed E-state index contributed by atoms with van der Waals surface area (Å²) >= 11 is 0. The van der Waals surface area contributed by atoms with Gasteiger partial charge in [-0.3, -0.25) is 9.36 Å². The van der Waals surface area contributed by atoms with E-state index in [1.807, 2.05) is 17.9 Å². The number of nitrogens with zero attached hydrogens (tertiary/aromatic N) is 4. The van der Waals surface area contributed by atoms with Gasteiger partial charge in [0.25, 0.3) is 0 Å². The molecule has 108 valence electrons.